The summed E-state index contributed by atoms with van der Waals surface area (Å²) in [6.45, 7) is 5.39. The predicted molar refractivity (Wildman–Crippen MR) is 80.3 cm³/mol. The van der Waals surface area contributed by atoms with Gasteiger partial charge in [0.1, 0.15) is 23.6 Å². The van der Waals surface area contributed by atoms with Crippen LogP contribution in [0.1, 0.15) is 19.7 Å². The van der Waals surface area contributed by atoms with Gasteiger partial charge in [-0.25, -0.2) is 9.97 Å². The minimum Gasteiger partial charge on any atom is -0.383 e. The van der Waals surface area contributed by atoms with Crippen LogP contribution >= 0.6 is 11.6 Å². The van der Waals surface area contributed by atoms with E-state index in [0.717, 1.165) is 0 Å². The van der Waals surface area contributed by atoms with Crippen molar-refractivity contribution < 1.29 is 14.3 Å². The maximum atomic E-state index is 11.8. The molecule has 7 nitrogen and oxygen atoms in total. The van der Waals surface area contributed by atoms with Crippen LogP contribution in [0.15, 0.2) is 6.07 Å². The Hall–Kier alpha value is -1.44. The maximum absolute atomic E-state index is 11.8. The molecule has 0 aliphatic carbocycles. The number of halogens is 1. The molecule has 1 atom stereocenters. The van der Waals surface area contributed by atoms with Crippen LogP contribution in [0.4, 0.5) is 5.82 Å². The fourth-order valence-electron chi connectivity index (χ4n) is 1.51. The molecule has 0 saturated carbocycles. The standard InChI is InChI=1S/C13H21ClN4O3/c1-4-21-8-12-17-10(14)7-11(18-12)16-9(2)13(19)15-5-6-20-3/h7,9H,4-6,8H2,1-3H3,(H,15,19)(H,16,17,18). The molecule has 118 valence electrons. The van der Waals surface area contributed by atoms with E-state index >= 15 is 0 Å². The van der Waals surface area contributed by atoms with Crippen molar-refractivity contribution in [2.24, 2.45) is 0 Å². The van der Waals surface area contributed by atoms with Crippen molar-refractivity contribution in [2.75, 3.05) is 32.2 Å². The Labute approximate surface area is 129 Å². The number of rotatable bonds is 9. The highest BCUT2D eigenvalue weighted by molar-refractivity contribution is 6.29. The van der Waals surface area contributed by atoms with Crippen LogP contribution in [0.2, 0.25) is 5.15 Å². The van der Waals surface area contributed by atoms with Crippen molar-refractivity contribution >= 4 is 23.3 Å². The summed E-state index contributed by atoms with van der Waals surface area (Å²) in [5.74, 6) is 0.811. The molecule has 0 bridgehead atoms. The zero-order valence-corrected chi connectivity index (χ0v) is 13.2. The fraction of sp³-hybridized carbons (Fsp3) is 0.615. The van der Waals surface area contributed by atoms with Gasteiger partial charge in [-0.15, -0.1) is 0 Å². The third-order valence-corrected chi connectivity index (χ3v) is 2.73. The fourth-order valence-corrected chi connectivity index (χ4v) is 1.71. The van der Waals surface area contributed by atoms with Crippen LogP contribution in [-0.2, 0) is 20.9 Å². The lowest BCUT2D eigenvalue weighted by Crippen LogP contribution is -2.39. The van der Waals surface area contributed by atoms with Crippen LogP contribution in [0.25, 0.3) is 0 Å². The monoisotopic (exact) mass is 316 g/mol. The number of ether oxygens (including phenoxy) is 2. The molecule has 2 N–H and O–H groups in total. The van der Waals surface area contributed by atoms with Crippen molar-refractivity contribution in [3.8, 4) is 0 Å². The summed E-state index contributed by atoms with van der Waals surface area (Å²) in [5, 5.41) is 6.02. The quantitative estimate of drug-likeness (QED) is 0.526. The summed E-state index contributed by atoms with van der Waals surface area (Å²) in [6.07, 6.45) is 0. The second-order valence-electron chi connectivity index (χ2n) is 4.28. The van der Waals surface area contributed by atoms with Crippen LogP contribution in [0.5, 0.6) is 0 Å². The van der Waals surface area contributed by atoms with Crippen LogP contribution in [0, 0.1) is 0 Å². The number of carbonyl (C=O) groups is 1. The van der Waals surface area contributed by atoms with Crippen molar-refractivity contribution in [1.29, 1.82) is 0 Å². The molecular weight excluding hydrogens is 296 g/mol. The zero-order valence-electron chi connectivity index (χ0n) is 12.5. The van der Waals surface area contributed by atoms with Gasteiger partial charge in [-0.05, 0) is 13.8 Å². The summed E-state index contributed by atoms with van der Waals surface area (Å²) in [4.78, 5) is 20.1. The van der Waals surface area contributed by atoms with Gasteiger partial charge in [0.05, 0.1) is 6.61 Å². The van der Waals surface area contributed by atoms with E-state index in [1.165, 1.54) is 0 Å². The van der Waals surface area contributed by atoms with Gasteiger partial charge >= 0.3 is 0 Å². The van der Waals surface area contributed by atoms with E-state index in [-0.39, 0.29) is 12.5 Å². The number of nitrogens with one attached hydrogen (secondary N) is 2. The van der Waals surface area contributed by atoms with Gasteiger partial charge in [-0.2, -0.15) is 0 Å². The van der Waals surface area contributed by atoms with Crippen LogP contribution in [-0.4, -0.2) is 48.8 Å². The number of anilines is 1. The highest BCUT2D eigenvalue weighted by Crippen LogP contribution is 2.13. The summed E-state index contributed by atoms with van der Waals surface area (Å²) in [7, 11) is 1.58. The molecule has 1 aromatic rings. The highest BCUT2D eigenvalue weighted by atomic mass is 35.5. The third kappa shape index (κ3) is 6.70. The van der Waals surface area contributed by atoms with Crippen LogP contribution < -0.4 is 10.6 Å². The number of methoxy groups -OCH3 is 1. The Balaban J connectivity index is 2.60. The van der Waals surface area contributed by atoms with Gasteiger partial charge in [-0.3, -0.25) is 4.79 Å². The second kappa shape index (κ2) is 9.49. The lowest BCUT2D eigenvalue weighted by molar-refractivity contribution is -0.121. The van der Waals surface area contributed by atoms with E-state index in [4.69, 9.17) is 21.1 Å². The summed E-state index contributed by atoms with van der Waals surface area (Å²) in [5.41, 5.74) is 0. The molecule has 0 radical (unpaired) electrons. The van der Waals surface area contributed by atoms with Crippen LogP contribution in [0.3, 0.4) is 0 Å². The Morgan fingerprint density at radius 2 is 2.24 bits per heavy atom. The first kappa shape index (κ1) is 17.6. The third-order valence-electron chi connectivity index (χ3n) is 2.54. The second-order valence-corrected chi connectivity index (χ2v) is 4.67. The Morgan fingerprint density at radius 3 is 2.90 bits per heavy atom. The van der Waals surface area contributed by atoms with Gasteiger partial charge in [-0.1, -0.05) is 11.6 Å². The van der Waals surface area contributed by atoms with E-state index < -0.39 is 6.04 Å². The molecule has 0 aromatic carbocycles. The Morgan fingerprint density at radius 1 is 1.48 bits per heavy atom. The first-order valence-electron chi connectivity index (χ1n) is 6.71. The molecular formula is C13H21ClN4O3. The van der Waals surface area contributed by atoms with Gasteiger partial charge in [0.25, 0.3) is 0 Å². The molecule has 1 rings (SSSR count). The van der Waals surface area contributed by atoms with E-state index in [1.54, 1.807) is 20.1 Å². The van der Waals surface area contributed by atoms with E-state index in [0.29, 0.717) is 36.6 Å². The topological polar surface area (TPSA) is 85.4 Å². The molecule has 1 aromatic heterocycles. The largest absolute Gasteiger partial charge is 0.383 e. The van der Waals surface area contributed by atoms with Crippen molar-refractivity contribution in [3.63, 3.8) is 0 Å². The maximum Gasteiger partial charge on any atom is 0.242 e. The molecule has 8 heteroatoms. The number of aromatic nitrogens is 2. The average molecular weight is 317 g/mol. The molecule has 1 amide bonds. The molecule has 0 aliphatic rings. The summed E-state index contributed by atoms with van der Waals surface area (Å²) < 4.78 is 10.1. The molecule has 0 spiro atoms. The average Bonchev–Trinajstić information content (AvgIpc) is 2.44. The molecule has 0 aliphatic heterocycles. The lowest BCUT2D eigenvalue weighted by atomic mass is 10.3. The van der Waals surface area contributed by atoms with Crippen molar-refractivity contribution in [3.05, 3.63) is 17.0 Å². The first-order valence-corrected chi connectivity index (χ1v) is 7.09. The normalized spacial score (nSPS) is 12.0. The number of amides is 1. The molecule has 1 unspecified atom stereocenters. The predicted octanol–water partition coefficient (Wildman–Crippen LogP) is 1.23. The van der Waals surface area contributed by atoms with Gasteiger partial charge in [0, 0.05) is 26.3 Å². The first-order chi connectivity index (χ1) is 10.1. The van der Waals surface area contributed by atoms with Gasteiger partial charge < -0.3 is 20.1 Å². The zero-order chi connectivity index (χ0) is 15.7. The number of hydrogen-bond acceptors (Lipinski definition) is 6. The van der Waals surface area contributed by atoms with Crippen molar-refractivity contribution in [1.82, 2.24) is 15.3 Å². The smallest absolute Gasteiger partial charge is 0.242 e. The van der Waals surface area contributed by atoms with Gasteiger partial charge in [0.2, 0.25) is 5.91 Å². The van der Waals surface area contributed by atoms with E-state index in [1.807, 2.05) is 6.92 Å². The number of nitrogens with zero attached hydrogens (tertiary/aromatic N) is 2. The Bertz CT molecular complexity index is 459. The summed E-state index contributed by atoms with van der Waals surface area (Å²) in [6, 6.07) is 1.11. The van der Waals surface area contributed by atoms with E-state index in [2.05, 4.69) is 20.6 Å². The molecule has 0 fully saturated rings. The Kier molecular flexibility index (Phi) is 7.96. The minimum atomic E-state index is -0.451. The number of carbonyl (C=O) groups excluding carboxylic acids is 1. The highest BCUT2D eigenvalue weighted by Gasteiger charge is 2.13. The molecule has 1 heterocycles. The van der Waals surface area contributed by atoms with Crippen molar-refractivity contribution in [2.45, 2.75) is 26.5 Å². The number of hydrogen-bond donors (Lipinski definition) is 2. The minimum absolute atomic E-state index is 0.145. The van der Waals surface area contributed by atoms with E-state index in [9.17, 15) is 4.79 Å². The lowest BCUT2D eigenvalue weighted by Gasteiger charge is -2.15. The van der Waals surface area contributed by atoms with Gasteiger partial charge in [0.15, 0.2) is 5.82 Å². The summed E-state index contributed by atoms with van der Waals surface area (Å²) >= 11 is 5.93. The SMILES string of the molecule is CCOCc1nc(Cl)cc(NC(C)C(=O)NCCOC)n1. The molecule has 21 heavy (non-hydrogen) atoms. The molecule has 0 saturated heterocycles.